The summed E-state index contributed by atoms with van der Waals surface area (Å²) < 4.78 is 22.3. The van der Waals surface area contributed by atoms with E-state index in [2.05, 4.69) is 0 Å². The van der Waals surface area contributed by atoms with E-state index in [4.69, 9.17) is 18.6 Å². The molecule has 2 aromatic carbocycles. The monoisotopic (exact) mass is 356 g/mol. The van der Waals surface area contributed by atoms with Gasteiger partial charge in [-0.05, 0) is 30.3 Å². The molecule has 2 heterocycles. The Morgan fingerprint density at radius 3 is 2.69 bits per heavy atom. The van der Waals surface area contributed by atoms with Crippen molar-refractivity contribution in [2.24, 2.45) is 0 Å². The lowest BCUT2D eigenvalue weighted by Gasteiger charge is -2.33. The molecule has 26 heavy (non-hydrogen) atoms. The fraction of sp³-hybridized carbons (Fsp3) is 0.211. The number of phenolic OH excluding ortho intramolecular Hbond substituents is 1. The Morgan fingerprint density at radius 1 is 1.12 bits per heavy atom. The molecule has 0 saturated carbocycles. The lowest BCUT2D eigenvalue weighted by molar-refractivity contribution is -0.0118. The summed E-state index contributed by atoms with van der Waals surface area (Å²) in [6.45, 7) is -0.319. The van der Waals surface area contributed by atoms with E-state index < -0.39 is 17.8 Å². The first kappa shape index (κ1) is 16.3. The van der Waals surface area contributed by atoms with Crippen molar-refractivity contribution in [3.63, 3.8) is 0 Å². The maximum Gasteiger partial charge on any atom is 0.336 e. The highest BCUT2D eigenvalue weighted by atomic mass is 16.6. The van der Waals surface area contributed by atoms with Gasteiger partial charge in [0.1, 0.15) is 0 Å². The van der Waals surface area contributed by atoms with Crippen LogP contribution < -0.4 is 19.8 Å². The number of rotatable bonds is 3. The van der Waals surface area contributed by atoms with Crippen LogP contribution in [0.5, 0.6) is 23.0 Å². The van der Waals surface area contributed by atoms with Crippen molar-refractivity contribution in [2.45, 2.75) is 12.2 Å². The van der Waals surface area contributed by atoms with E-state index in [0.29, 0.717) is 16.7 Å². The van der Waals surface area contributed by atoms with Gasteiger partial charge in [-0.1, -0.05) is 6.07 Å². The highest BCUT2D eigenvalue weighted by Gasteiger charge is 2.34. The topological polar surface area (TPSA) is 98.4 Å². The minimum absolute atomic E-state index is 0.00157. The number of methoxy groups -OCH3 is 1. The smallest absolute Gasteiger partial charge is 0.336 e. The number of fused-ring (bicyclic) bond motifs is 3. The van der Waals surface area contributed by atoms with Crippen LogP contribution in [0.3, 0.4) is 0 Å². The van der Waals surface area contributed by atoms with Gasteiger partial charge in [0, 0.05) is 17.0 Å². The minimum Gasteiger partial charge on any atom is -0.504 e. The number of aliphatic hydroxyl groups is 1. The summed E-state index contributed by atoms with van der Waals surface area (Å²) in [6, 6.07) is 11.2. The SMILES string of the molecule is COc1cc([C@H]2Oc3ccc4ccc(=O)oc4c3O[C@@H]2CO)ccc1O. The summed E-state index contributed by atoms with van der Waals surface area (Å²) in [4.78, 5) is 11.6. The second-order valence-corrected chi connectivity index (χ2v) is 5.87. The van der Waals surface area contributed by atoms with E-state index in [9.17, 15) is 15.0 Å². The average Bonchev–Trinajstić information content (AvgIpc) is 2.67. The van der Waals surface area contributed by atoms with Crippen molar-refractivity contribution in [2.75, 3.05) is 13.7 Å². The number of ether oxygens (including phenoxy) is 3. The predicted molar refractivity (Wildman–Crippen MR) is 92.0 cm³/mol. The van der Waals surface area contributed by atoms with E-state index in [1.165, 1.54) is 19.2 Å². The molecule has 4 rings (SSSR count). The van der Waals surface area contributed by atoms with Gasteiger partial charge in [0.15, 0.2) is 35.0 Å². The molecule has 2 atom stereocenters. The lowest BCUT2D eigenvalue weighted by Crippen LogP contribution is -2.36. The van der Waals surface area contributed by atoms with Crippen LogP contribution in [0.2, 0.25) is 0 Å². The molecule has 134 valence electrons. The number of hydrogen-bond acceptors (Lipinski definition) is 7. The third-order valence-corrected chi connectivity index (χ3v) is 4.28. The van der Waals surface area contributed by atoms with Crippen LogP contribution in [0.25, 0.3) is 11.0 Å². The molecule has 2 N–H and O–H groups in total. The van der Waals surface area contributed by atoms with Crippen LogP contribution in [-0.2, 0) is 0 Å². The highest BCUT2D eigenvalue weighted by molar-refractivity contribution is 5.85. The van der Waals surface area contributed by atoms with Crippen molar-refractivity contribution < 1.29 is 28.8 Å². The number of aromatic hydroxyl groups is 1. The van der Waals surface area contributed by atoms with Gasteiger partial charge < -0.3 is 28.8 Å². The van der Waals surface area contributed by atoms with E-state index in [1.807, 2.05) is 0 Å². The Bertz CT molecular complexity index is 1020. The minimum atomic E-state index is -0.729. The van der Waals surface area contributed by atoms with Gasteiger partial charge in [0.25, 0.3) is 0 Å². The van der Waals surface area contributed by atoms with Crippen molar-refractivity contribution in [1.29, 1.82) is 0 Å². The Morgan fingerprint density at radius 2 is 1.92 bits per heavy atom. The molecular weight excluding hydrogens is 340 g/mol. The standard InChI is InChI=1S/C19H16O7/c1-23-14-8-11(2-5-12(14)21)17-15(9-20)25-19-13(24-17)6-3-10-4-7-16(22)26-18(10)19/h2-8,15,17,20-21H,9H2,1H3/t15-,17-/m1/s1. The quantitative estimate of drug-likeness (QED) is 0.695. The molecule has 0 aliphatic carbocycles. The van der Waals surface area contributed by atoms with Crippen molar-refractivity contribution in [3.8, 4) is 23.0 Å². The fourth-order valence-corrected chi connectivity index (χ4v) is 3.01. The fourth-order valence-electron chi connectivity index (χ4n) is 3.01. The third-order valence-electron chi connectivity index (χ3n) is 4.28. The maximum absolute atomic E-state index is 11.6. The lowest BCUT2D eigenvalue weighted by atomic mass is 10.0. The van der Waals surface area contributed by atoms with Crippen molar-refractivity contribution in [3.05, 3.63) is 58.4 Å². The first-order valence-corrected chi connectivity index (χ1v) is 7.98. The molecule has 0 bridgehead atoms. The highest BCUT2D eigenvalue weighted by Crippen LogP contribution is 2.44. The molecule has 7 nitrogen and oxygen atoms in total. The first-order chi connectivity index (χ1) is 12.6. The zero-order valence-electron chi connectivity index (χ0n) is 13.8. The number of benzene rings is 2. The molecule has 0 fully saturated rings. The molecule has 0 unspecified atom stereocenters. The summed E-state index contributed by atoms with van der Waals surface area (Å²) in [5.41, 5.74) is 0.439. The molecule has 1 aliphatic rings. The van der Waals surface area contributed by atoms with E-state index in [0.717, 1.165) is 0 Å². The molecule has 7 heteroatoms. The summed E-state index contributed by atoms with van der Waals surface area (Å²) >= 11 is 0. The van der Waals surface area contributed by atoms with Crippen LogP contribution >= 0.6 is 0 Å². The Balaban J connectivity index is 1.80. The van der Waals surface area contributed by atoms with Gasteiger partial charge in [0.05, 0.1) is 13.7 Å². The normalized spacial score (nSPS) is 18.7. The zero-order chi connectivity index (χ0) is 18.3. The number of aliphatic hydroxyl groups excluding tert-OH is 1. The number of phenols is 1. The average molecular weight is 356 g/mol. The summed E-state index contributed by atoms with van der Waals surface area (Å²) in [6.07, 6.45) is -1.36. The van der Waals surface area contributed by atoms with Crippen LogP contribution in [0.15, 0.2) is 51.7 Å². The van der Waals surface area contributed by atoms with Gasteiger partial charge in [-0.2, -0.15) is 0 Å². The first-order valence-electron chi connectivity index (χ1n) is 7.98. The van der Waals surface area contributed by atoms with Gasteiger partial charge in [-0.25, -0.2) is 4.79 Å². The third kappa shape index (κ3) is 2.62. The molecular formula is C19H16O7. The summed E-state index contributed by atoms with van der Waals surface area (Å²) in [5.74, 6) is 0.967. The second kappa shape index (κ2) is 6.27. The van der Waals surface area contributed by atoms with Crippen molar-refractivity contribution >= 4 is 11.0 Å². The van der Waals surface area contributed by atoms with Gasteiger partial charge >= 0.3 is 5.63 Å². The van der Waals surface area contributed by atoms with E-state index in [-0.39, 0.29) is 29.4 Å². The van der Waals surface area contributed by atoms with Gasteiger partial charge in [-0.3, -0.25) is 0 Å². The zero-order valence-corrected chi connectivity index (χ0v) is 13.8. The molecule has 1 aromatic heterocycles. The Kier molecular flexibility index (Phi) is 3.93. The largest absolute Gasteiger partial charge is 0.504 e. The van der Waals surface area contributed by atoms with Gasteiger partial charge in [0.2, 0.25) is 5.75 Å². The molecule has 0 radical (unpaired) electrons. The summed E-state index contributed by atoms with van der Waals surface area (Å²) in [7, 11) is 1.45. The number of hydrogen-bond donors (Lipinski definition) is 2. The predicted octanol–water partition coefficient (Wildman–Crippen LogP) is 2.38. The molecule has 0 amide bonds. The van der Waals surface area contributed by atoms with E-state index in [1.54, 1.807) is 30.3 Å². The molecule has 3 aromatic rings. The van der Waals surface area contributed by atoms with Crippen LogP contribution in [0.4, 0.5) is 0 Å². The van der Waals surface area contributed by atoms with Crippen LogP contribution in [0, 0.1) is 0 Å². The van der Waals surface area contributed by atoms with Crippen molar-refractivity contribution in [1.82, 2.24) is 0 Å². The maximum atomic E-state index is 11.6. The van der Waals surface area contributed by atoms with Crippen LogP contribution in [-0.4, -0.2) is 30.0 Å². The van der Waals surface area contributed by atoms with Crippen LogP contribution in [0.1, 0.15) is 11.7 Å². The second-order valence-electron chi connectivity index (χ2n) is 5.87. The summed E-state index contributed by atoms with van der Waals surface area (Å²) in [5, 5.41) is 20.2. The Hall–Kier alpha value is -3.19. The van der Waals surface area contributed by atoms with Gasteiger partial charge in [-0.15, -0.1) is 0 Å². The molecule has 1 aliphatic heterocycles. The Labute approximate surface area is 148 Å². The van der Waals surface area contributed by atoms with E-state index >= 15 is 0 Å². The molecule has 0 spiro atoms. The molecule has 0 saturated heterocycles.